The predicted octanol–water partition coefficient (Wildman–Crippen LogP) is 2.17. The Morgan fingerprint density at radius 3 is 2.87 bits per heavy atom. The van der Waals surface area contributed by atoms with E-state index in [-0.39, 0.29) is 18.5 Å². The maximum atomic E-state index is 13.3. The molecule has 30 heavy (non-hydrogen) atoms. The van der Waals surface area contributed by atoms with Gasteiger partial charge in [-0.3, -0.25) is 0 Å². The molecule has 0 amide bonds. The molecule has 0 N–H and O–H groups in total. The summed E-state index contributed by atoms with van der Waals surface area (Å²) in [7, 11) is 0. The van der Waals surface area contributed by atoms with Crippen LogP contribution in [0.2, 0.25) is 0 Å². The van der Waals surface area contributed by atoms with Gasteiger partial charge in [-0.05, 0) is 30.5 Å². The molecule has 8 heteroatoms. The largest absolute Gasteiger partial charge is 0.842 e. The first-order valence-electron chi connectivity index (χ1n) is 9.73. The summed E-state index contributed by atoms with van der Waals surface area (Å²) >= 11 is 0. The third-order valence-corrected chi connectivity index (χ3v) is 5.23. The van der Waals surface area contributed by atoms with Crippen LogP contribution in [0.1, 0.15) is 31.1 Å². The molecule has 0 aliphatic heterocycles. The third kappa shape index (κ3) is 3.01. The number of nitriles is 1. The summed E-state index contributed by atoms with van der Waals surface area (Å²) in [4.78, 5) is 17.6. The van der Waals surface area contributed by atoms with Crippen LogP contribution in [0, 0.1) is 11.3 Å². The first-order valence-corrected chi connectivity index (χ1v) is 9.73. The first kappa shape index (κ1) is 18.1. The zero-order valence-corrected chi connectivity index (χ0v) is 16.0. The quantitative estimate of drug-likeness (QED) is 0.476. The van der Waals surface area contributed by atoms with Gasteiger partial charge in [-0.1, -0.05) is 29.4 Å². The van der Waals surface area contributed by atoms with E-state index in [1.54, 1.807) is 42.6 Å². The van der Waals surface area contributed by atoms with E-state index in [0.29, 0.717) is 34.4 Å². The van der Waals surface area contributed by atoms with Gasteiger partial charge in [-0.2, -0.15) is 14.6 Å². The van der Waals surface area contributed by atoms with E-state index in [4.69, 9.17) is 9.78 Å². The molecule has 1 aliphatic carbocycles. The van der Waals surface area contributed by atoms with Gasteiger partial charge < -0.3 is 9.63 Å². The van der Waals surface area contributed by atoms with E-state index in [2.05, 4.69) is 16.2 Å². The van der Waals surface area contributed by atoms with Gasteiger partial charge in [0.05, 0.1) is 24.6 Å². The lowest BCUT2D eigenvalue weighted by Crippen LogP contribution is -2.43. The Bertz CT molecular complexity index is 1360. The number of benzene rings is 1. The lowest BCUT2D eigenvalue weighted by atomic mass is 10.0. The van der Waals surface area contributed by atoms with Gasteiger partial charge in [0.2, 0.25) is 11.7 Å². The molecule has 4 aromatic rings. The highest BCUT2D eigenvalue weighted by Gasteiger charge is 2.30. The van der Waals surface area contributed by atoms with Crippen molar-refractivity contribution < 1.29 is 14.2 Å². The minimum atomic E-state index is -0.426. The molecule has 0 radical (unpaired) electrons. The monoisotopic (exact) mass is 399 g/mol. The summed E-state index contributed by atoms with van der Waals surface area (Å²) < 4.78 is 8.23. The molecule has 0 unspecified atom stereocenters. The van der Waals surface area contributed by atoms with E-state index in [9.17, 15) is 9.90 Å². The normalized spacial score (nSPS) is 13.4. The molecule has 148 valence electrons. The van der Waals surface area contributed by atoms with Crippen LogP contribution < -0.4 is 15.2 Å². The molecular formula is C22H17N5O3. The van der Waals surface area contributed by atoms with Crippen molar-refractivity contribution >= 4 is 5.65 Å². The van der Waals surface area contributed by atoms with Crippen molar-refractivity contribution in [3.8, 4) is 34.5 Å². The molecule has 8 nitrogen and oxygen atoms in total. The highest BCUT2D eigenvalue weighted by molar-refractivity contribution is 5.72. The molecule has 0 bridgehead atoms. The average molecular weight is 399 g/mol. The lowest BCUT2D eigenvalue weighted by molar-refractivity contribution is -0.714. The van der Waals surface area contributed by atoms with E-state index in [0.717, 1.165) is 12.8 Å². The van der Waals surface area contributed by atoms with Crippen LogP contribution in [0.15, 0.2) is 58.0 Å². The minimum absolute atomic E-state index is 0.0457. The van der Waals surface area contributed by atoms with Gasteiger partial charge in [0.1, 0.15) is 12.1 Å². The van der Waals surface area contributed by atoms with Crippen LogP contribution in [0.3, 0.4) is 0 Å². The Labute approximate surface area is 171 Å². The summed E-state index contributed by atoms with van der Waals surface area (Å²) in [6, 6.07) is 14.3. The van der Waals surface area contributed by atoms with Crippen molar-refractivity contribution in [1.82, 2.24) is 14.5 Å². The molecule has 3 aromatic heterocycles. The molecule has 1 saturated carbocycles. The first-order chi connectivity index (χ1) is 14.7. The number of hydrogen-bond acceptors (Lipinski definition) is 6. The summed E-state index contributed by atoms with van der Waals surface area (Å²) in [6.45, 7) is 0.200. The Kier molecular flexibility index (Phi) is 4.29. The minimum Gasteiger partial charge on any atom is -0.842 e. The Hall–Kier alpha value is -3.99. The Balaban J connectivity index is 1.67. The number of aromatic nitrogens is 4. The number of aryl methyl sites for hydroxylation is 1. The molecule has 5 rings (SSSR count). The Morgan fingerprint density at radius 2 is 2.07 bits per heavy atom. The molecule has 1 fully saturated rings. The van der Waals surface area contributed by atoms with Gasteiger partial charge in [-0.25, -0.2) is 9.36 Å². The number of rotatable bonds is 5. The molecule has 0 spiro atoms. The molecule has 3 heterocycles. The fourth-order valence-electron chi connectivity index (χ4n) is 3.56. The van der Waals surface area contributed by atoms with Crippen LogP contribution in [0.25, 0.3) is 28.2 Å². The van der Waals surface area contributed by atoms with Gasteiger partial charge in [0.25, 0.3) is 5.65 Å². The van der Waals surface area contributed by atoms with Crippen LogP contribution >= 0.6 is 0 Å². The zero-order chi connectivity index (χ0) is 20.7. The molecule has 1 aromatic carbocycles. The van der Waals surface area contributed by atoms with E-state index < -0.39 is 11.4 Å². The summed E-state index contributed by atoms with van der Waals surface area (Å²) in [5, 5.41) is 26.3. The third-order valence-electron chi connectivity index (χ3n) is 5.23. The topological polar surface area (TPSA) is 111 Å². The second kappa shape index (κ2) is 7.12. The van der Waals surface area contributed by atoms with Gasteiger partial charge in [0, 0.05) is 17.5 Å². The standard InChI is InChI=1S/C22H17N5O3/c23-10-4-12-27-17-7-1-2-11-26(17)21(28)18(22(27)29)15-5-3-6-16(13-15)19-24-20(30-25-19)14-8-9-14/h1-3,5-7,11,13-14H,4,8-9,12H2. The predicted molar refractivity (Wildman–Crippen MR) is 104 cm³/mol. The maximum Gasteiger partial charge on any atom is 0.349 e. The zero-order valence-electron chi connectivity index (χ0n) is 16.0. The fourth-order valence-corrected chi connectivity index (χ4v) is 3.56. The van der Waals surface area contributed by atoms with Crippen LogP contribution in [0.4, 0.5) is 0 Å². The number of hydrogen-bond donors (Lipinski definition) is 0. The molecule has 1 aliphatic rings. The van der Waals surface area contributed by atoms with Crippen molar-refractivity contribution in [2.24, 2.45) is 0 Å². The van der Waals surface area contributed by atoms with E-state index in [1.165, 1.54) is 8.97 Å². The maximum absolute atomic E-state index is 13.3. The van der Waals surface area contributed by atoms with Crippen LogP contribution in [0.5, 0.6) is 5.88 Å². The summed E-state index contributed by atoms with van der Waals surface area (Å²) in [5.41, 5.74) is 1.24. The van der Waals surface area contributed by atoms with Crippen molar-refractivity contribution in [2.45, 2.75) is 31.7 Å². The highest BCUT2D eigenvalue weighted by atomic mass is 16.5. The van der Waals surface area contributed by atoms with Gasteiger partial charge in [-0.15, -0.1) is 0 Å². The SMILES string of the molecule is N#CCC[n+]1c([O-])c(-c2cccc(-c3noc(C4CC4)n3)c2)c(=O)n2ccccc21. The van der Waals surface area contributed by atoms with E-state index >= 15 is 0 Å². The van der Waals surface area contributed by atoms with Gasteiger partial charge >= 0.3 is 5.56 Å². The van der Waals surface area contributed by atoms with Crippen LogP contribution in [-0.2, 0) is 6.54 Å². The van der Waals surface area contributed by atoms with E-state index in [1.807, 2.05) is 6.07 Å². The number of pyridine rings is 1. The average Bonchev–Trinajstić information content (AvgIpc) is 3.50. The molecular weight excluding hydrogens is 382 g/mol. The van der Waals surface area contributed by atoms with Crippen molar-refractivity contribution in [3.05, 3.63) is 64.9 Å². The van der Waals surface area contributed by atoms with Gasteiger partial charge in [0.15, 0.2) is 0 Å². The summed E-state index contributed by atoms with van der Waals surface area (Å²) in [5.74, 6) is 0.974. The lowest BCUT2D eigenvalue weighted by Gasteiger charge is -2.16. The molecule has 0 saturated heterocycles. The smallest absolute Gasteiger partial charge is 0.349 e. The number of fused-ring (bicyclic) bond motifs is 1. The Morgan fingerprint density at radius 1 is 1.23 bits per heavy atom. The van der Waals surface area contributed by atoms with Crippen molar-refractivity contribution in [3.63, 3.8) is 0 Å². The number of nitrogens with zero attached hydrogens (tertiary/aromatic N) is 5. The highest BCUT2D eigenvalue weighted by Crippen LogP contribution is 2.39. The van der Waals surface area contributed by atoms with Crippen molar-refractivity contribution in [2.75, 3.05) is 0 Å². The van der Waals surface area contributed by atoms with Crippen molar-refractivity contribution in [1.29, 1.82) is 5.26 Å². The molecule has 0 atom stereocenters. The second-order valence-electron chi connectivity index (χ2n) is 7.29. The second-order valence-corrected chi connectivity index (χ2v) is 7.29. The fraction of sp³-hybridized carbons (Fsp3) is 0.227. The summed E-state index contributed by atoms with van der Waals surface area (Å²) in [6.07, 6.45) is 3.89. The van der Waals surface area contributed by atoms with Crippen LogP contribution in [-0.4, -0.2) is 14.5 Å².